The van der Waals surface area contributed by atoms with Crippen LogP contribution in [0.2, 0.25) is 0 Å². The molecule has 1 aliphatic rings. The minimum Gasteiger partial charge on any atom is -0.481 e. The lowest BCUT2D eigenvalue weighted by Gasteiger charge is -2.31. The maximum absolute atomic E-state index is 13.4. The number of para-hydroxylation sites is 1. The smallest absolute Gasteiger partial charge is 0.262 e. The number of hydrogen-bond donors (Lipinski definition) is 2. The van der Waals surface area contributed by atoms with Crippen molar-refractivity contribution in [2.24, 2.45) is 0 Å². The second kappa shape index (κ2) is 7.98. The molecule has 1 saturated heterocycles. The molecule has 1 heterocycles. The van der Waals surface area contributed by atoms with Crippen molar-refractivity contribution in [2.45, 2.75) is 0 Å². The Hall–Kier alpha value is -2.60. The molecule has 1 fully saturated rings. The second-order valence-corrected chi connectivity index (χ2v) is 6.26. The Bertz CT molecular complexity index is 713. The molecule has 2 aromatic rings. The number of quaternary nitrogens is 1. The number of hydrogen-bond acceptors (Lipinski definition) is 3. The van der Waals surface area contributed by atoms with Crippen molar-refractivity contribution < 1.29 is 18.8 Å². The average Bonchev–Trinajstić information content (AvgIpc) is 2.62. The summed E-state index contributed by atoms with van der Waals surface area (Å²) in [5.74, 6) is -0.724. The summed E-state index contributed by atoms with van der Waals surface area (Å²) in [5, 5.41) is 2.76. The molecule has 2 N–H and O–H groups in total. The van der Waals surface area contributed by atoms with E-state index >= 15 is 0 Å². The van der Waals surface area contributed by atoms with Crippen molar-refractivity contribution in [1.29, 1.82) is 0 Å². The largest absolute Gasteiger partial charge is 0.481 e. The lowest BCUT2D eigenvalue weighted by atomic mass is 10.2. The number of anilines is 2. The SMILES string of the molecule is C[NH+]1CCN(c2ccc(NC(=O)COc3ccccc3F)cc2)CC1. The van der Waals surface area contributed by atoms with Gasteiger partial charge in [-0.3, -0.25) is 4.79 Å². The van der Waals surface area contributed by atoms with Gasteiger partial charge in [-0.2, -0.15) is 0 Å². The third-order valence-electron chi connectivity index (χ3n) is 4.33. The van der Waals surface area contributed by atoms with Crippen LogP contribution in [0.1, 0.15) is 0 Å². The molecule has 0 spiro atoms. The van der Waals surface area contributed by atoms with Crippen LogP contribution in [0.25, 0.3) is 0 Å². The molecule has 132 valence electrons. The number of carbonyl (C=O) groups is 1. The van der Waals surface area contributed by atoms with Crippen molar-refractivity contribution >= 4 is 17.3 Å². The summed E-state index contributed by atoms with van der Waals surface area (Å²) in [7, 11) is 2.21. The lowest BCUT2D eigenvalue weighted by molar-refractivity contribution is -0.880. The number of ether oxygens (including phenoxy) is 1. The summed E-state index contributed by atoms with van der Waals surface area (Å²) in [6.45, 7) is 4.10. The van der Waals surface area contributed by atoms with Gasteiger partial charge in [0.1, 0.15) is 0 Å². The topological polar surface area (TPSA) is 46.0 Å². The Morgan fingerprint density at radius 3 is 2.52 bits per heavy atom. The zero-order valence-corrected chi connectivity index (χ0v) is 14.3. The molecular weight excluding hydrogens is 321 g/mol. The van der Waals surface area contributed by atoms with Gasteiger partial charge in [0, 0.05) is 11.4 Å². The molecule has 0 aromatic heterocycles. The monoisotopic (exact) mass is 344 g/mol. The predicted molar refractivity (Wildman–Crippen MR) is 95.8 cm³/mol. The fraction of sp³-hybridized carbons (Fsp3) is 0.316. The third kappa shape index (κ3) is 4.70. The highest BCUT2D eigenvalue weighted by Crippen LogP contribution is 2.18. The summed E-state index contributed by atoms with van der Waals surface area (Å²) in [4.78, 5) is 15.8. The predicted octanol–water partition coefficient (Wildman–Crippen LogP) is 1.18. The first-order chi connectivity index (χ1) is 12.1. The summed E-state index contributed by atoms with van der Waals surface area (Å²) >= 11 is 0. The Balaban J connectivity index is 1.51. The van der Waals surface area contributed by atoms with Crippen molar-refractivity contribution in [3.63, 3.8) is 0 Å². The number of benzene rings is 2. The summed E-state index contributed by atoms with van der Waals surface area (Å²) < 4.78 is 18.7. The highest BCUT2D eigenvalue weighted by molar-refractivity contribution is 5.92. The Labute approximate surface area is 147 Å². The number of rotatable bonds is 5. The van der Waals surface area contributed by atoms with Crippen molar-refractivity contribution in [2.75, 3.05) is 50.1 Å². The molecule has 0 unspecified atom stereocenters. The van der Waals surface area contributed by atoms with Gasteiger partial charge in [0.25, 0.3) is 5.91 Å². The Kier molecular flexibility index (Phi) is 5.50. The minimum absolute atomic E-state index is 0.0743. The van der Waals surface area contributed by atoms with Crippen molar-refractivity contribution in [3.05, 3.63) is 54.3 Å². The third-order valence-corrected chi connectivity index (χ3v) is 4.33. The second-order valence-electron chi connectivity index (χ2n) is 6.26. The first-order valence-corrected chi connectivity index (χ1v) is 8.45. The van der Waals surface area contributed by atoms with Gasteiger partial charge in [0.05, 0.1) is 33.2 Å². The van der Waals surface area contributed by atoms with Gasteiger partial charge >= 0.3 is 0 Å². The van der Waals surface area contributed by atoms with E-state index in [0.29, 0.717) is 5.69 Å². The van der Waals surface area contributed by atoms with Crippen LogP contribution >= 0.6 is 0 Å². The fourth-order valence-corrected chi connectivity index (χ4v) is 2.80. The summed E-state index contributed by atoms with van der Waals surface area (Å²) in [6.07, 6.45) is 0. The molecule has 1 amide bonds. The van der Waals surface area contributed by atoms with Gasteiger partial charge < -0.3 is 19.9 Å². The van der Waals surface area contributed by atoms with Gasteiger partial charge in [-0.15, -0.1) is 0 Å². The van der Waals surface area contributed by atoms with Crippen molar-refractivity contribution in [3.8, 4) is 5.75 Å². The van der Waals surface area contributed by atoms with Gasteiger partial charge in [-0.25, -0.2) is 4.39 Å². The molecule has 25 heavy (non-hydrogen) atoms. The number of nitrogens with zero attached hydrogens (tertiary/aromatic N) is 1. The number of nitrogens with one attached hydrogen (secondary N) is 2. The normalized spacial score (nSPS) is 15.0. The minimum atomic E-state index is -0.478. The highest BCUT2D eigenvalue weighted by atomic mass is 19.1. The number of piperazine rings is 1. The highest BCUT2D eigenvalue weighted by Gasteiger charge is 2.16. The molecule has 2 aromatic carbocycles. The van der Waals surface area contributed by atoms with Gasteiger partial charge in [-0.1, -0.05) is 12.1 Å². The van der Waals surface area contributed by atoms with E-state index in [1.807, 2.05) is 24.3 Å². The molecule has 0 atom stereocenters. The number of likely N-dealkylation sites (N-methyl/N-ethyl adjacent to an activating group) is 1. The van der Waals surface area contributed by atoms with Gasteiger partial charge in [0.15, 0.2) is 18.2 Å². The van der Waals surface area contributed by atoms with E-state index in [9.17, 15) is 9.18 Å². The van der Waals surface area contributed by atoms with Crippen molar-refractivity contribution in [1.82, 2.24) is 0 Å². The maximum Gasteiger partial charge on any atom is 0.262 e. The Morgan fingerprint density at radius 2 is 1.84 bits per heavy atom. The summed E-state index contributed by atoms with van der Waals surface area (Å²) in [6, 6.07) is 13.8. The quantitative estimate of drug-likeness (QED) is 0.856. The van der Waals surface area contributed by atoms with Crippen LogP contribution in [-0.4, -0.2) is 45.7 Å². The molecular formula is C19H23FN3O2+. The average molecular weight is 344 g/mol. The molecule has 3 rings (SSSR count). The molecule has 5 nitrogen and oxygen atoms in total. The fourth-order valence-electron chi connectivity index (χ4n) is 2.80. The number of carbonyl (C=O) groups excluding carboxylic acids is 1. The van der Waals surface area contributed by atoms with Crippen LogP contribution in [0.4, 0.5) is 15.8 Å². The van der Waals surface area contributed by atoms with E-state index in [2.05, 4.69) is 17.3 Å². The van der Waals surface area contributed by atoms with Crippen LogP contribution in [0.15, 0.2) is 48.5 Å². The van der Waals surface area contributed by atoms with Crippen LogP contribution in [0.3, 0.4) is 0 Å². The first-order valence-electron chi connectivity index (χ1n) is 8.45. The molecule has 6 heteroatoms. The first kappa shape index (κ1) is 17.2. The molecule has 0 bridgehead atoms. The van der Waals surface area contributed by atoms with Gasteiger partial charge in [-0.05, 0) is 36.4 Å². The molecule has 0 aliphatic carbocycles. The number of amides is 1. The molecule has 0 saturated carbocycles. The van der Waals surface area contributed by atoms with Crippen LogP contribution in [-0.2, 0) is 4.79 Å². The van der Waals surface area contributed by atoms with E-state index in [-0.39, 0.29) is 18.3 Å². The van der Waals surface area contributed by atoms with Crippen LogP contribution in [0, 0.1) is 5.82 Å². The maximum atomic E-state index is 13.4. The zero-order chi connectivity index (χ0) is 17.6. The van der Waals surface area contributed by atoms with Gasteiger partial charge in [0.2, 0.25) is 0 Å². The zero-order valence-electron chi connectivity index (χ0n) is 14.3. The summed E-state index contributed by atoms with van der Waals surface area (Å²) in [5.41, 5.74) is 1.86. The lowest BCUT2D eigenvalue weighted by Crippen LogP contribution is -3.12. The number of halogens is 1. The van der Waals surface area contributed by atoms with E-state index in [1.165, 1.54) is 12.1 Å². The van der Waals surface area contributed by atoms with E-state index in [0.717, 1.165) is 31.9 Å². The van der Waals surface area contributed by atoms with Crippen LogP contribution < -0.4 is 19.9 Å². The standard InChI is InChI=1S/C19H22FN3O2/c1-22-10-12-23(13-11-22)16-8-6-15(7-9-16)21-19(24)14-25-18-5-3-2-4-17(18)20/h2-9H,10-14H2,1H3,(H,21,24)/p+1. The van der Waals surface area contributed by atoms with E-state index < -0.39 is 5.82 Å². The Morgan fingerprint density at radius 1 is 1.16 bits per heavy atom. The van der Waals surface area contributed by atoms with E-state index in [4.69, 9.17) is 4.74 Å². The molecule has 0 radical (unpaired) electrons. The van der Waals surface area contributed by atoms with E-state index in [1.54, 1.807) is 17.0 Å². The van der Waals surface area contributed by atoms with Crippen LogP contribution in [0.5, 0.6) is 5.75 Å². The molecule has 1 aliphatic heterocycles.